The molecule has 0 bridgehead atoms. The molecule has 0 amide bonds. The fourth-order valence-corrected chi connectivity index (χ4v) is 7.66. The van der Waals surface area contributed by atoms with Crippen LogP contribution in [0.3, 0.4) is 0 Å². The van der Waals surface area contributed by atoms with E-state index in [0.717, 1.165) is 28.2 Å². The minimum Gasteiger partial charge on any atom is -0.310 e. The summed E-state index contributed by atoms with van der Waals surface area (Å²) in [6.07, 6.45) is 0. The van der Waals surface area contributed by atoms with Crippen LogP contribution in [-0.4, -0.2) is 0 Å². The molecule has 8 aromatic carbocycles. The Kier molecular flexibility index (Phi) is 8.05. The van der Waals surface area contributed by atoms with E-state index < -0.39 is 5.41 Å². The number of nitrogens with zero attached hydrogens (tertiary/aromatic N) is 1. The van der Waals surface area contributed by atoms with Crippen LogP contribution in [-0.2, 0) is 5.41 Å². The largest absolute Gasteiger partial charge is 0.310 e. The van der Waals surface area contributed by atoms with Gasteiger partial charge < -0.3 is 4.90 Å². The van der Waals surface area contributed by atoms with Gasteiger partial charge in [0.25, 0.3) is 0 Å². The van der Waals surface area contributed by atoms with E-state index in [-0.39, 0.29) is 0 Å². The number of hydrogen-bond donors (Lipinski definition) is 0. The second-order valence-corrected chi connectivity index (χ2v) is 13.2. The van der Waals surface area contributed by atoms with Crippen molar-refractivity contribution < 1.29 is 0 Å². The van der Waals surface area contributed by atoms with Gasteiger partial charge in [0, 0.05) is 22.6 Å². The van der Waals surface area contributed by atoms with Crippen LogP contribution in [0, 0.1) is 11.8 Å². The number of anilines is 3. The summed E-state index contributed by atoms with van der Waals surface area (Å²) in [6.45, 7) is 0. The van der Waals surface area contributed by atoms with E-state index in [0.29, 0.717) is 0 Å². The van der Waals surface area contributed by atoms with Gasteiger partial charge in [0.15, 0.2) is 0 Å². The molecule has 0 radical (unpaired) electrons. The summed E-state index contributed by atoms with van der Waals surface area (Å²) >= 11 is 0. The molecule has 1 atom stereocenters. The zero-order valence-electron chi connectivity index (χ0n) is 28.7. The zero-order chi connectivity index (χ0) is 34.7. The maximum absolute atomic E-state index is 3.88. The van der Waals surface area contributed by atoms with Crippen molar-refractivity contribution in [2.45, 2.75) is 5.41 Å². The monoisotopic (exact) mass is 661 g/mol. The summed E-state index contributed by atoms with van der Waals surface area (Å²) in [5.41, 5.74) is 14.2. The minimum atomic E-state index is -0.678. The fraction of sp³-hybridized carbons (Fsp3) is 0.0196. The van der Waals surface area contributed by atoms with Crippen LogP contribution in [0.2, 0.25) is 0 Å². The van der Waals surface area contributed by atoms with Gasteiger partial charge in [-0.05, 0) is 105 Å². The number of hydrogen-bond acceptors (Lipinski definition) is 1. The quantitative estimate of drug-likeness (QED) is 0.160. The molecule has 1 unspecified atom stereocenters. The van der Waals surface area contributed by atoms with Gasteiger partial charge in [0.05, 0.1) is 0 Å². The Morgan fingerprint density at radius 2 is 0.865 bits per heavy atom. The van der Waals surface area contributed by atoms with Crippen LogP contribution in [0.5, 0.6) is 0 Å². The molecule has 0 aliphatic heterocycles. The molecule has 0 aromatic heterocycles. The summed E-state index contributed by atoms with van der Waals surface area (Å²) in [5, 5.41) is 0. The molecular formula is C51H35N. The number of rotatable bonds is 6. The molecule has 1 aliphatic rings. The maximum Gasteiger partial charge on any atom is 0.108 e. The lowest BCUT2D eigenvalue weighted by atomic mass is 9.72. The van der Waals surface area contributed by atoms with Gasteiger partial charge >= 0.3 is 0 Å². The Morgan fingerprint density at radius 3 is 1.50 bits per heavy atom. The second-order valence-electron chi connectivity index (χ2n) is 13.2. The van der Waals surface area contributed by atoms with Crippen molar-refractivity contribution in [2.75, 3.05) is 4.90 Å². The highest BCUT2D eigenvalue weighted by Crippen LogP contribution is 2.54. The Balaban J connectivity index is 1.31. The Morgan fingerprint density at radius 1 is 0.346 bits per heavy atom. The van der Waals surface area contributed by atoms with Gasteiger partial charge in [-0.1, -0.05) is 170 Å². The Labute approximate surface area is 306 Å². The number of fused-ring (bicyclic) bond motifs is 3. The van der Waals surface area contributed by atoms with Gasteiger partial charge in [-0.2, -0.15) is 0 Å². The average Bonchev–Trinajstić information content (AvgIpc) is 3.51. The van der Waals surface area contributed by atoms with Crippen LogP contribution in [0.15, 0.2) is 212 Å². The second kappa shape index (κ2) is 13.4. The van der Waals surface area contributed by atoms with Crippen molar-refractivity contribution in [2.24, 2.45) is 0 Å². The molecule has 1 nitrogen and oxygen atoms in total. The smallest absolute Gasteiger partial charge is 0.108 e. The number of benzene rings is 8. The van der Waals surface area contributed by atoms with Gasteiger partial charge in [0.1, 0.15) is 5.41 Å². The van der Waals surface area contributed by atoms with Gasteiger partial charge in [-0.25, -0.2) is 0 Å². The van der Waals surface area contributed by atoms with Crippen molar-refractivity contribution in [3.63, 3.8) is 0 Å². The fourth-order valence-electron chi connectivity index (χ4n) is 7.66. The maximum atomic E-state index is 3.88. The first kappa shape index (κ1) is 31.1. The topological polar surface area (TPSA) is 3.24 Å². The van der Waals surface area contributed by atoms with Gasteiger partial charge in [-0.3, -0.25) is 0 Å². The van der Waals surface area contributed by atoms with Crippen molar-refractivity contribution in [3.05, 3.63) is 235 Å². The van der Waals surface area contributed by atoms with Crippen molar-refractivity contribution in [3.8, 4) is 45.2 Å². The lowest BCUT2D eigenvalue weighted by molar-refractivity contribution is 0.837. The zero-order valence-corrected chi connectivity index (χ0v) is 28.7. The van der Waals surface area contributed by atoms with Crippen molar-refractivity contribution in [1.29, 1.82) is 0 Å². The third-order valence-corrected chi connectivity index (χ3v) is 10.1. The molecule has 9 rings (SSSR count). The molecule has 0 N–H and O–H groups in total. The highest BCUT2D eigenvalue weighted by atomic mass is 15.1. The van der Waals surface area contributed by atoms with E-state index in [1.54, 1.807) is 0 Å². The first-order chi connectivity index (χ1) is 25.8. The first-order valence-electron chi connectivity index (χ1n) is 17.8. The molecular weight excluding hydrogens is 627 g/mol. The standard InChI is InChI=1S/C51H35N/c1-6-18-38(19-7-1)32-33-51(43-24-12-4-13-25-43)49-29-17-16-28-47(49)48-31-30-45(37-50(48)51)52(44-26-14-5-15-27-44)46-35-41(39-20-8-2-9-21-39)34-42(36-46)40-22-10-3-11-23-40/h1-31,34-37H. The van der Waals surface area contributed by atoms with Crippen LogP contribution < -0.4 is 4.90 Å². The summed E-state index contributed by atoms with van der Waals surface area (Å²) in [6, 6.07) is 75.8. The van der Waals surface area contributed by atoms with Crippen LogP contribution in [0.4, 0.5) is 17.1 Å². The van der Waals surface area contributed by atoms with Gasteiger partial charge in [-0.15, -0.1) is 0 Å². The third kappa shape index (κ3) is 5.58. The van der Waals surface area contributed by atoms with Crippen LogP contribution in [0.1, 0.15) is 22.3 Å². The molecule has 0 saturated carbocycles. The number of para-hydroxylation sites is 1. The van der Waals surface area contributed by atoms with E-state index in [9.17, 15) is 0 Å². The van der Waals surface area contributed by atoms with Crippen LogP contribution in [0.25, 0.3) is 33.4 Å². The Hall–Kier alpha value is -6.88. The predicted octanol–water partition coefficient (Wildman–Crippen LogP) is 12.9. The summed E-state index contributed by atoms with van der Waals surface area (Å²) < 4.78 is 0. The molecule has 244 valence electrons. The van der Waals surface area contributed by atoms with E-state index in [1.165, 1.54) is 44.5 Å². The van der Waals surface area contributed by atoms with E-state index in [4.69, 9.17) is 0 Å². The molecule has 0 saturated heterocycles. The van der Waals surface area contributed by atoms with Crippen LogP contribution >= 0.6 is 0 Å². The summed E-state index contributed by atoms with van der Waals surface area (Å²) in [7, 11) is 0. The highest BCUT2D eigenvalue weighted by molar-refractivity contribution is 5.91. The summed E-state index contributed by atoms with van der Waals surface area (Å²) in [4.78, 5) is 2.39. The lowest BCUT2D eigenvalue weighted by Crippen LogP contribution is -2.25. The SMILES string of the molecule is C(#CC1(c2ccccc2)c2ccccc2-c2ccc(N(c3ccccc3)c3cc(-c4ccccc4)cc(-c4ccccc4)c3)cc21)c1ccccc1. The Bertz CT molecular complexity index is 2490. The molecule has 1 heteroatoms. The van der Waals surface area contributed by atoms with Crippen molar-refractivity contribution in [1.82, 2.24) is 0 Å². The molecule has 8 aromatic rings. The van der Waals surface area contributed by atoms with E-state index in [2.05, 4.69) is 223 Å². The molecule has 0 spiro atoms. The summed E-state index contributed by atoms with van der Waals surface area (Å²) in [5.74, 6) is 7.49. The van der Waals surface area contributed by atoms with Gasteiger partial charge in [0.2, 0.25) is 0 Å². The predicted molar refractivity (Wildman–Crippen MR) is 217 cm³/mol. The molecule has 0 heterocycles. The minimum absolute atomic E-state index is 0.678. The molecule has 52 heavy (non-hydrogen) atoms. The molecule has 0 fully saturated rings. The normalized spacial score (nSPS) is 14.1. The lowest BCUT2D eigenvalue weighted by Gasteiger charge is -2.30. The van der Waals surface area contributed by atoms with E-state index >= 15 is 0 Å². The third-order valence-electron chi connectivity index (χ3n) is 10.1. The van der Waals surface area contributed by atoms with E-state index in [1.807, 2.05) is 6.07 Å². The average molecular weight is 662 g/mol. The van der Waals surface area contributed by atoms with Crippen molar-refractivity contribution >= 4 is 17.1 Å². The first-order valence-corrected chi connectivity index (χ1v) is 17.8. The molecule has 1 aliphatic carbocycles. The highest BCUT2D eigenvalue weighted by Gasteiger charge is 2.44.